The average molecular weight is 306 g/mol. The normalized spacial score (nSPS) is 12.1. The number of pyridine rings is 1. The summed E-state index contributed by atoms with van der Waals surface area (Å²) in [5, 5.41) is 3.45. The van der Waals surface area contributed by atoms with E-state index in [9.17, 15) is 9.59 Å². The molecule has 1 atom stereocenters. The van der Waals surface area contributed by atoms with E-state index in [0.29, 0.717) is 21.9 Å². The summed E-state index contributed by atoms with van der Waals surface area (Å²) in [4.78, 5) is 31.1. The number of nitrogens with zero attached hydrogens (tertiary/aromatic N) is 2. The van der Waals surface area contributed by atoms with E-state index in [-0.39, 0.29) is 11.8 Å². The van der Waals surface area contributed by atoms with E-state index in [2.05, 4.69) is 10.3 Å². The van der Waals surface area contributed by atoms with E-state index >= 15 is 0 Å². The summed E-state index contributed by atoms with van der Waals surface area (Å²) >= 11 is 1.23. The number of amides is 2. The molecular weight excluding hydrogens is 288 g/mol. The minimum absolute atomic E-state index is 0.136. The van der Waals surface area contributed by atoms with E-state index in [0.717, 1.165) is 5.39 Å². The highest BCUT2D eigenvalue weighted by Gasteiger charge is 2.22. The number of nitrogens with one attached hydrogen (secondary N) is 1. The zero-order chi connectivity index (χ0) is 15.6. The molecule has 1 unspecified atom stereocenters. The van der Waals surface area contributed by atoms with E-state index in [1.54, 1.807) is 31.1 Å². The quantitative estimate of drug-likeness (QED) is 0.895. The highest BCUT2D eigenvalue weighted by atomic mass is 32.1. The first-order valence-corrected chi connectivity index (χ1v) is 7.46. The van der Waals surface area contributed by atoms with Crippen molar-refractivity contribution < 1.29 is 9.59 Å². The van der Waals surface area contributed by atoms with Gasteiger partial charge in [0.15, 0.2) is 0 Å². The fraction of sp³-hybridized carbons (Fsp3) is 0.357. The van der Waals surface area contributed by atoms with Crippen LogP contribution >= 0.6 is 11.3 Å². The monoisotopic (exact) mass is 306 g/mol. The van der Waals surface area contributed by atoms with Crippen molar-refractivity contribution in [1.29, 1.82) is 0 Å². The van der Waals surface area contributed by atoms with Gasteiger partial charge in [-0.2, -0.15) is 0 Å². The zero-order valence-corrected chi connectivity index (χ0v) is 13.0. The third-order valence-corrected chi connectivity index (χ3v) is 4.41. The van der Waals surface area contributed by atoms with Gasteiger partial charge in [0.05, 0.1) is 5.69 Å². The molecule has 2 aromatic rings. The van der Waals surface area contributed by atoms with E-state index in [4.69, 9.17) is 5.73 Å². The molecule has 112 valence electrons. The number of aromatic nitrogens is 1. The van der Waals surface area contributed by atoms with Crippen molar-refractivity contribution in [3.05, 3.63) is 23.2 Å². The third kappa shape index (κ3) is 2.97. The highest BCUT2D eigenvalue weighted by Crippen LogP contribution is 2.31. The number of rotatable bonds is 4. The molecular formula is C14H18N4O2S. The van der Waals surface area contributed by atoms with Gasteiger partial charge in [-0.25, -0.2) is 4.98 Å². The Balaban J connectivity index is 2.19. The lowest BCUT2D eigenvalue weighted by atomic mass is 10.2. The fourth-order valence-corrected chi connectivity index (χ4v) is 2.90. The molecule has 21 heavy (non-hydrogen) atoms. The van der Waals surface area contributed by atoms with E-state index in [1.807, 2.05) is 13.0 Å². The van der Waals surface area contributed by atoms with Gasteiger partial charge < -0.3 is 16.0 Å². The number of likely N-dealkylation sites (N-methyl/N-ethyl adjacent to an activating group) is 1. The lowest BCUT2D eigenvalue weighted by Crippen LogP contribution is -2.45. The molecule has 6 nitrogen and oxygen atoms in total. The molecule has 0 bridgehead atoms. The van der Waals surface area contributed by atoms with Gasteiger partial charge in [-0.3, -0.25) is 9.59 Å². The Morgan fingerprint density at radius 1 is 1.52 bits per heavy atom. The van der Waals surface area contributed by atoms with Crippen molar-refractivity contribution in [2.75, 3.05) is 19.3 Å². The maximum absolute atomic E-state index is 12.3. The van der Waals surface area contributed by atoms with Crippen LogP contribution in [0, 0.1) is 0 Å². The first-order chi connectivity index (χ1) is 9.95. The van der Waals surface area contributed by atoms with Crippen molar-refractivity contribution in [1.82, 2.24) is 15.2 Å². The SMILES string of the molecule is CCN(C)C(=O)C(C)NC(=O)c1sc2ncccc2c1N. The standard InChI is InChI=1S/C14H18N4O2S/c1-4-18(3)14(20)8(2)17-12(19)11-10(15)9-6-5-7-16-13(9)21-11/h5-8H,4,15H2,1-3H3,(H,17,19). The zero-order valence-electron chi connectivity index (χ0n) is 12.2. The van der Waals surface area contributed by atoms with Gasteiger partial charge >= 0.3 is 0 Å². The van der Waals surface area contributed by atoms with Crippen LogP contribution in [0.25, 0.3) is 10.2 Å². The fourth-order valence-electron chi connectivity index (χ4n) is 1.93. The van der Waals surface area contributed by atoms with Gasteiger partial charge in [-0.1, -0.05) is 0 Å². The van der Waals surface area contributed by atoms with Crippen LogP contribution in [-0.4, -0.2) is 41.3 Å². The molecule has 2 amide bonds. The summed E-state index contributed by atoms with van der Waals surface area (Å²) in [6.07, 6.45) is 1.66. The predicted molar refractivity (Wildman–Crippen MR) is 84.3 cm³/mol. The number of anilines is 1. The van der Waals surface area contributed by atoms with Gasteiger partial charge in [-0.05, 0) is 26.0 Å². The maximum atomic E-state index is 12.3. The smallest absolute Gasteiger partial charge is 0.264 e. The van der Waals surface area contributed by atoms with Crippen LogP contribution in [0.2, 0.25) is 0 Å². The summed E-state index contributed by atoms with van der Waals surface area (Å²) in [5.41, 5.74) is 6.40. The molecule has 0 aliphatic heterocycles. The lowest BCUT2D eigenvalue weighted by Gasteiger charge is -2.20. The molecule has 2 rings (SSSR count). The van der Waals surface area contributed by atoms with Gasteiger partial charge in [0.1, 0.15) is 15.7 Å². The molecule has 0 spiro atoms. The number of nitrogen functional groups attached to an aromatic ring is 1. The van der Waals surface area contributed by atoms with Gasteiger partial charge in [0, 0.05) is 25.2 Å². The van der Waals surface area contributed by atoms with E-state index < -0.39 is 6.04 Å². The molecule has 2 aromatic heterocycles. The third-order valence-electron chi connectivity index (χ3n) is 3.28. The second-order valence-electron chi connectivity index (χ2n) is 4.75. The van der Waals surface area contributed by atoms with Crippen molar-refractivity contribution in [3.63, 3.8) is 0 Å². The molecule has 0 saturated carbocycles. The highest BCUT2D eigenvalue weighted by molar-refractivity contribution is 7.21. The van der Waals surface area contributed by atoms with Crippen molar-refractivity contribution in [2.45, 2.75) is 19.9 Å². The second kappa shape index (κ2) is 6.09. The van der Waals surface area contributed by atoms with Gasteiger partial charge in [0.2, 0.25) is 5.91 Å². The second-order valence-corrected chi connectivity index (χ2v) is 5.75. The van der Waals surface area contributed by atoms with Gasteiger partial charge in [0.25, 0.3) is 5.91 Å². The van der Waals surface area contributed by atoms with Crippen LogP contribution in [0.1, 0.15) is 23.5 Å². The summed E-state index contributed by atoms with van der Waals surface area (Å²) in [5.74, 6) is -0.482. The van der Waals surface area contributed by atoms with Crippen LogP contribution < -0.4 is 11.1 Å². The number of nitrogens with two attached hydrogens (primary N) is 1. The molecule has 0 aromatic carbocycles. The first-order valence-electron chi connectivity index (χ1n) is 6.64. The average Bonchev–Trinajstić information content (AvgIpc) is 2.83. The molecule has 0 aliphatic rings. The topological polar surface area (TPSA) is 88.3 Å². The summed E-state index contributed by atoms with van der Waals surface area (Å²) < 4.78 is 0. The van der Waals surface area contributed by atoms with Crippen LogP contribution in [0.5, 0.6) is 0 Å². The molecule has 0 radical (unpaired) electrons. The number of carbonyl (C=O) groups is 2. The Hall–Kier alpha value is -2.15. The van der Waals surface area contributed by atoms with Gasteiger partial charge in [-0.15, -0.1) is 11.3 Å². The molecule has 7 heteroatoms. The number of thiophene rings is 1. The Labute approximate surface area is 127 Å². The molecule has 3 N–H and O–H groups in total. The molecule has 0 saturated heterocycles. The summed E-state index contributed by atoms with van der Waals surface area (Å²) in [7, 11) is 1.70. The number of hydrogen-bond donors (Lipinski definition) is 2. The lowest BCUT2D eigenvalue weighted by molar-refractivity contribution is -0.131. The molecule has 0 aliphatic carbocycles. The Kier molecular flexibility index (Phi) is 4.42. The first kappa shape index (κ1) is 15.2. The molecule has 2 heterocycles. The predicted octanol–water partition coefficient (Wildman–Crippen LogP) is 1.48. The summed E-state index contributed by atoms with van der Waals surface area (Å²) in [6, 6.07) is 3.00. The van der Waals surface area contributed by atoms with Crippen LogP contribution in [0.3, 0.4) is 0 Å². The summed E-state index contributed by atoms with van der Waals surface area (Å²) in [6.45, 7) is 4.13. The molecule has 0 fully saturated rings. The van der Waals surface area contributed by atoms with Crippen LogP contribution in [0.4, 0.5) is 5.69 Å². The van der Waals surface area contributed by atoms with Crippen LogP contribution in [-0.2, 0) is 4.79 Å². The van der Waals surface area contributed by atoms with Crippen molar-refractivity contribution >= 4 is 39.1 Å². The van der Waals surface area contributed by atoms with E-state index in [1.165, 1.54) is 11.3 Å². The minimum Gasteiger partial charge on any atom is -0.397 e. The van der Waals surface area contributed by atoms with Crippen molar-refractivity contribution in [2.24, 2.45) is 0 Å². The number of fused-ring (bicyclic) bond motifs is 1. The Morgan fingerprint density at radius 2 is 2.24 bits per heavy atom. The minimum atomic E-state index is -0.597. The van der Waals surface area contributed by atoms with Crippen LogP contribution in [0.15, 0.2) is 18.3 Å². The maximum Gasteiger partial charge on any atom is 0.264 e. The Bertz CT molecular complexity index is 683. The van der Waals surface area contributed by atoms with Crippen molar-refractivity contribution in [3.8, 4) is 0 Å². The Morgan fingerprint density at radius 3 is 2.86 bits per heavy atom. The number of hydrogen-bond acceptors (Lipinski definition) is 5. The number of carbonyl (C=O) groups excluding carboxylic acids is 2. The largest absolute Gasteiger partial charge is 0.397 e.